The van der Waals surface area contributed by atoms with E-state index in [0.29, 0.717) is 18.9 Å². The van der Waals surface area contributed by atoms with Crippen LogP contribution in [0, 0.1) is 0 Å². The molecule has 6 nitrogen and oxygen atoms in total. The summed E-state index contributed by atoms with van der Waals surface area (Å²) in [6.45, 7) is 0.873. The highest BCUT2D eigenvalue weighted by molar-refractivity contribution is 5.36. The predicted octanol–water partition coefficient (Wildman–Crippen LogP) is 1.60. The van der Waals surface area contributed by atoms with E-state index in [1.165, 1.54) is 13.1 Å². The number of pyridine rings is 1. The van der Waals surface area contributed by atoms with E-state index in [-0.39, 0.29) is 11.2 Å². The monoisotopic (exact) mass is 322 g/mol. The van der Waals surface area contributed by atoms with Gasteiger partial charge in [0.2, 0.25) is 0 Å². The Labute approximate surface area is 139 Å². The van der Waals surface area contributed by atoms with E-state index in [0.717, 1.165) is 15.7 Å². The topological polar surface area (TPSA) is 68.9 Å². The van der Waals surface area contributed by atoms with Crippen LogP contribution in [-0.4, -0.2) is 14.1 Å². The van der Waals surface area contributed by atoms with Gasteiger partial charge in [0.1, 0.15) is 5.82 Å². The molecule has 0 unspecified atom stereocenters. The van der Waals surface area contributed by atoms with Gasteiger partial charge in [0.25, 0.3) is 5.56 Å². The fourth-order valence-corrected chi connectivity index (χ4v) is 2.43. The minimum atomic E-state index is -0.347. The second kappa shape index (κ2) is 6.95. The molecular weight excluding hydrogens is 304 g/mol. The van der Waals surface area contributed by atoms with Crippen molar-refractivity contribution in [2.45, 2.75) is 13.1 Å². The zero-order chi connectivity index (χ0) is 16.9. The number of hydrogen-bond donors (Lipinski definition) is 1. The predicted molar refractivity (Wildman–Crippen MR) is 93.1 cm³/mol. The number of benzene rings is 1. The third-order valence-electron chi connectivity index (χ3n) is 3.78. The van der Waals surface area contributed by atoms with Gasteiger partial charge >= 0.3 is 5.69 Å². The molecule has 3 rings (SSSR count). The number of nitrogens with zero attached hydrogens (tertiary/aromatic N) is 3. The normalized spacial score (nSPS) is 10.5. The minimum absolute atomic E-state index is 0.335. The van der Waals surface area contributed by atoms with Crippen LogP contribution in [0.4, 0.5) is 5.82 Å². The molecule has 0 saturated carbocycles. The first-order valence-corrected chi connectivity index (χ1v) is 7.63. The van der Waals surface area contributed by atoms with E-state index >= 15 is 0 Å². The van der Waals surface area contributed by atoms with Crippen LogP contribution >= 0.6 is 0 Å². The molecule has 24 heavy (non-hydrogen) atoms. The van der Waals surface area contributed by atoms with Gasteiger partial charge in [-0.25, -0.2) is 4.79 Å². The quantitative estimate of drug-likeness (QED) is 0.775. The molecule has 3 aromatic rings. The Bertz CT molecular complexity index is 931. The maximum atomic E-state index is 12.5. The van der Waals surface area contributed by atoms with Crippen molar-refractivity contribution in [1.82, 2.24) is 14.1 Å². The molecule has 1 aromatic carbocycles. The summed E-state index contributed by atoms with van der Waals surface area (Å²) in [5, 5.41) is 3.17. The van der Waals surface area contributed by atoms with Crippen LogP contribution in [0.3, 0.4) is 0 Å². The fraction of sp³-hybridized carbons (Fsp3) is 0.167. The molecular formula is C18H18N4O2. The van der Waals surface area contributed by atoms with Gasteiger partial charge in [-0.05, 0) is 17.2 Å². The van der Waals surface area contributed by atoms with Gasteiger partial charge in [0, 0.05) is 32.1 Å². The van der Waals surface area contributed by atoms with Crippen molar-refractivity contribution in [3.63, 3.8) is 0 Å². The average molecular weight is 322 g/mol. The molecule has 0 atom stereocenters. The summed E-state index contributed by atoms with van der Waals surface area (Å²) in [6, 6.07) is 14.9. The third kappa shape index (κ3) is 3.43. The summed E-state index contributed by atoms with van der Waals surface area (Å²) in [5.74, 6) is 0.496. The zero-order valence-electron chi connectivity index (χ0n) is 13.3. The maximum Gasteiger partial charge on any atom is 0.332 e. The smallest absolute Gasteiger partial charge is 0.332 e. The highest BCUT2D eigenvalue weighted by Crippen LogP contribution is 2.08. The van der Waals surface area contributed by atoms with Crippen LogP contribution in [0.2, 0.25) is 0 Å². The number of rotatable bonds is 5. The lowest BCUT2D eigenvalue weighted by atomic mass is 10.2. The van der Waals surface area contributed by atoms with Crippen LogP contribution in [0.15, 0.2) is 70.5 Å². The molecule has 0 bridgehead atoms. The molecule has 0 saturated heterocycles. The molecule has 0 spiro atoms. The molecule has 2 aromatic heterocycles. The third-order valence-corrected chi connectivity index (χ3v) is 3.78. The van der Waals surface area contributed by atoms with Crippen molar-refractivity contribution >= 4 is 5.82 Å². The van der Waals surface area contributed by atoms with Crippen LogP contribution in [0.1, 0.15) is 11.1 Å². The molecule has 1 N–H and O–H groups in total. The maximum absolute atomic E-state index is 12.5. The molecule has 122 valence electrons. The van der Waals surface area contributed by atoms with Crippen molar-refractivity contribution in [2.24, 2.45) is 7.05 Å². The van der Waals surface area contributed by atoms with Crippen LogP contribution < -0.4 is 16.6 Å². The second-order valence-electron chi connectivity index (χ2n) is 5.50. The highest BCUT2D eigenvalue weighted by Gasteiger charge is 2.09. The van der Waals surface area contributed by atoms with E-state index in [2.05, 4.69) is 10.3 Å². The lowest BCUT2D eigenvalue weighted by molar-refractivity contribution is 0.649. The van der Waals surface area contributed by atoms with E-state index in [1.807, 2.05) is 42.5 Å². The van der Waals surface area contributed by atoms with Gasteiger partial charge in [-0.2, -0.15) is 0 Å². The van der Waals surface area contributed by atoms with E-state index in [9.17, 15) is 9.59 Å². The highest BCUT2D eigenvalue weighted by atomic mass is 16.2. The van der Waals surface area contributed by atoms with Crippen LogP contribution in [-0.2, 0) is 20.1 Å². The Hall–Kier alpha value is -3.15. The SMILES string of the molecule is Cn1c(=O)cc(NCc2cccnc2)n(Cc2ccccc2)c1=O. The Morgan fingerprint density at radius 2 is 1.79 bits per heavy atom. The van der Waals surface area contributed by atoms with E-state index < -0.39 is 0 Å². The lowest BCUT2D eigenvalue weighted by Crippen LogP contribution is -2.39. The first kappa shape index (κ1) is 15.7. The van der Waals surface area contributed by atoms with Crippen LogP contribution in [0.25, 0.3) is 0 Å². The van der Waals surface area contributed by atoms with Crippen molar-refractivity contribution in [2.75, 3.05) is 5.32 Å². The van der Waals surface area contributed by atoms with Gasteiger partial charge in [0.05, 0.1) is 6.54 Å². The summed E-state index contributed by atoms with van der Waals surface area (Å²) in [4.78, 5) is 28.5. The molecule has 0 fully saturated rings. The summed E-state index contributed by atoms with van der Waals surface area (Å²) in [7, 11) is 1.48. The number of aromatic nitrogens is 3. The van der Waals surface area contributed by atoms with Crippen molar-refractivity contribution in [1.29, 1.82) is 0 Å². The molecule has 2 heterocycles. The number of nitrogens with one attached hydrogen (secondary N) is 1. The second-order valence-corrected chi connectivity index (χ2v) is 5.50. The summed E-state index contributed by atoms with van der Waals surface area (Å²) in [5.41, 5.74) is 1.28. The summed E-state index contributed by atoms with van der Waals surface area (Å²) >= 11 is 0. The standard InChI is InChI=1S/C18H18N4O2/c1-21-17(23)10-16(20-12-15-8-5-9-19-11-15)22(18(21)24)13-14-6-3-2-4-7-14/h2-11,20H,12-13H2,1H3. The molecule has 0 aliphatic rings. The van der Waals surface area contributed by atoms with Gasteiger partial charge < -0.3 is 5.32 Å². The Balaban J connectivity index is 1.95. The van der Waals surface area contributed by atoms with E-state index in [4.69, 9.17) is 0 Å². The van der Waals surface area contributed by atoms with Crippen LogP contribution in [0.5, 0.6) is 0 Å². The average Bonchev–Trinajstić information content (AvgIpc) is 2.62. The Kier molecular flexibility index (Phi) is 4.56. The summed E-state index contributed by atoms with van der Waals surface area (Å²) < 4.78 is 2.67. The molecule has 0 aliphatic carbocycles. The van der Waals surface area contributed by atoms with Crippen molar-refractivity contribution in [3.8, 4) is 0 Å². The molecule has 0 amide bonds. The summed E-state index contributed by atoms with van der Waals surface area (Å²) in [6.07, 6.45) is 3.45. The largest absolute Gasteiger partial charge is 0.367 e. The van der Waals surface area contributed by atoms with E-state index in [1.54, 1.807) is 17.0 Å². The van der Waals surface area contributed by atoms with Gasteiger partial charge in [-0.15, -0.1) is 0 Å². The van der Waals surface area contributed by atoms with Gasteiger partial charge in [-0.3, -0.25) is 18.9 Å². The zero-order valence-corrected chi connectivity index (χ0v) is 13.3. The van der Waals surface area contributed by atoms with Gasteiger partial charge in [0.15, 0.2) is 0 Å². The van der Waals surface area contributed by atoms with Crippen molar-refractivity contribution < 1.29 is 0 Å². The number of anilines is 1. The van der Waals surface area contributed by atoms with Crippen molar-refractivity contribution in [3.05, 3.63) is 92.9 Å². The number of hydrogen-bond acceptors (Lipinski definition) is 4. The molecule has 0 aliphatic heterocycles. The first-order valence-electron chi connectivity index (χ1n) is 7.63. The molecule has 6 heteroatoms. The Morgan fingerprint density at radius 3 is 2.50 bits per heavy atom. The molecule has 0 radical (unpaired) electrons. The fourth-order valence-electron chi connectivity index (χ4n) is 2.43. The minimum Gasteiger partial charge on any atom is -0.367 e. The Morgan fingerprint density at radius 1 is 1.04 bits per heavy atom. The lowest BCUT2D eigenvalue weighted by Gasteiger charge is -2.15. The van der Waals surface area contributed by atoms with Gasteiger partial charge in [-0.1, -0.05) is 36.4 Å². The first-order chi connectivity index (χ1) is 11.6.